The van der Waals surface area contributed by atoms with Crippen LogP contribution in [-0.4, -0.2) is 15.9 Å². The van der Waals surface area contributed by atoms with Gasteiger partial charge in [-0.3, -0.25) is 9.78 Å². The number of aryl methyl sites for hydroxylation is 1. The van der Waals surface area contributed by atoms with Crippen molar-refractivity contribution in [2.75, 3.05) is 5.32 Å². The molecule has 1 aliphatic rings. The standard InChI is InChI=1S/C19H16ClN3OS/c20-13-5-1-2-6-14(13)22-18(24)12-8-9-15-17(11-12)25-19(23-15)16-7-3-4-10-21-16/h1-7,10,12H,8-9,11H2,(H,22,24). The molecule has 25 heavy (non-hydrogen) atoms. The fourth-order valence-corrected chi connectivity index (χ4v) is 4.34. The Morgan fingerprint density at radius 3 is 2.84 bits per heavy atom. The lowest BCUT2D eigenvalue weighted by Crippen LogP contribution is -2.27. The van der Waals surface area contributed by atoms with Crippen LogP contribution < -0.4 is 5.32 Å². The molecule has 2 heterocycles. The number of aromatic nitrogens is 2. The first-order chi connectivity index (χ1) is 12.2. The first-order valence-electron chi connectivity index (χ1n) is 8.16. The molecule has 1 aromatic carbocycles. The molecule has 4 rings (SSSR count). The van der Waals surface area contributed by atoms with E-state index in [2.05, 4.69) is 10.3 Å². The first kappa shape index (κ1) is 16.2. The highest BCUT2D eigenvalue weighted by molar-refractivity contribution is 7.15. The SMILES string of the molecule is O=C(Nc1ccccc1Cl)C1CCc2nc(-c3ccccn3)sc2C1. The second kappa shape index (κ2) is 6.94. The predicted octanol–water partition coefficient (Wildman–Crippen LogP) is 4.60. The number of hydrogen-bond acceptors (Lipinski definition) is 4. The van der Waals surface area contributed by atoms with Crippen molar-refractivity contribution >= 4 is 34.5 Å². The van der Waals surface area contributed by atoms with Crippen LogP contribution in [0.4, 0.5) is 5.69 Å². The highest BCUT2D eigenvalue weighted by Gasteiger charge is 2.28. The van der Waals surface area contributed by atoms with Gasteiger partial charge in [0.1, 0.15) is 5.01 Å². The first-order valence-corrected chi connectivity index (χ1v) is 9.35. The number of carbonyl (C=O) groups is 1. The van der Waals surface area contributed by atoms with Crippen LogP contribution in [0, 0.1) is 5.92 Å². The molecule has 0 radical (unpaired) electrons. The van der Waals surface area contributed by atoms with E-state index in [0.29, 0.717) is 10.7 Å². The minimum atomic E-state index is -0.0548. The number of rotatable bonds is 3. The Balaban J connectivity index is 1.50. The number of pyridine rings is 1. The zero-order valence-electron chi connectivity index (χ0n) is 13.4. The number of hydrogen-bond donors (Lipinski definition) is 1. The maximum Gasteiger partial charge on any atom is 0.227 e. The van der Waals surface area contributed by atoms with Gasteiger partial charge in [0.15, 0.2) is 0 Å². The summed E-state index contributed by atoms with van der Waals surface area (Å²) < 4.78 is 0. The summed E-state index contributed by atoms with van der Waals surface area (Å²) in [6.45, 7) is 0. The molecule has 0 saturated carbocycles. The molecule has 0 saturated heterocycles. The van der Waals surface area contributed by atoms with Gasteiger partial charge in [0.25, 0.3) is 0 Å². The van der Waals surface area contributed by atoms with E-state index in [9.17, 15) is 4.79 Å². The second-order valence-corrected chi connectivity index (χ2v) is 7.50. The number of anilines is 1. The monoisotopic (exact) mass is 369 g/mol. The minimum Gasteiger partial charge on any atom is -0.325 e. The fraction of sp³-hybridized carbons (Fsp3) is 0.211. The average Bonchev–Trinajstić information content (AvgIpc) is 3.07. The lowest BCUT2D eigenvalue weighted by molar-refractivity contribution is -0.120. The minimum absolute atomic E-state index is 0.0199. The Hall–Kier alpha value is -2.24. The molecule has 0 spiro atoms. The molecule has 6 heteroatoms. The largest absolute Gasteiger partial charge is 0.325 e. The van der Waals surface area contributed by atoms with Crippen LogP contribution in [0.25, 0.3) is 10.7 Å². The van der Waals surface area contributed by atoms with Crippen LogP contribution in [-0.2, 0) is 17.6 Å². The Bertz CT molecular complexity index is 910. The maximum atomic E-state index is 12.6. The van der Waals surface area contributed by atoms with Crippen LogP contribution in [0.15, 0.2) is 48.7 Å². The number of amides is 1. The van der Waals surface area contributed by atoms with Crippen molar-refractivity contribution in [3.8, 4) is 10.7 Å². The Morgan fingerprint density at radius 2 is 2.04 bits per heavy atom. The van der Waals surface area contributed by atoms with Crippen molar-refractivity contribution in [2.24, 2.45) is 5.92 Å². The summed E-state index contributed by atoms with van der Waals surface area (Å²) in [5, 5.41) is 4.44. The second-order valence-electron chi connectivity index (χ2n) is 6.01. The van der Waals surface area contributed by atoms with Gasteiger partial charge in [0.2, 0.25) is 5.91 Å². The molecule has 1 aliphatic carbocycles. The molecule has 4 nitrogen and oxygen atoms in total. The third kappa shape index (κ3) is 3.43. The zero-order valence-corrected chi connectivity index (χ0v) is 15.0. The Labute approximate surface area is 154 Å². The van der Waals surface area contributed by atoms with E-state index in [1.165, 1.54) is 4.88 Å². The van der Waals surface area contributed by atoms with Gasteiger partial charge in [-0.2, -0.15) is 0 Å². The van der Waals surface area contributed by atoms with E-state index in [1.807, 2.05) is 36.4 Å². The number of benzene rings is 1. The van der Waals surface area contributed by atoms with E-state index in [1.54, 1.807) is 23.6 Å². The summed E-state index contributed by atoms with van der Waals surface area (Å²) in [6, 6.07) is 13.1. The van der Waals surface area contributed by atoms with Crippen molar-refractivity contribution in [2.45, 2.75) is 19.3 Å². The third-order valence-corrected chi connectivity index (χ3v) is 5.80. The fourth-order valence-electron chi connectivity index (χ4n) is 2.99. The van der Waals surface area contributed by atoms with Gasteiger partial charge in [0, 0.05) is 17.0 Å². The summed E-state index contributed by atoms with van der Waals surface area (Å²) in [5.41, 5.74) is 2.66. The van der Waals surface area contributed by atoms with E-state index < -0.39 is 0 Å². The van der Waals surface area contributed by atoms with Gasteiger partial charge >= 0.3 is 0 Å². The number of para-hydroxylation sites is 1. The summed E-state index contributed by atoms with van der Waals surface area (Å²) in [4.78, 5) is 22.9. The molecule has 1 N–H and O–H groups in total. The van der Waals surface area contributed by atoms with Crippen molar-refractivity contribution in [3.05, 3.63) is 64.3 Å². The predicted molar refractivity (Wildman–Crippen MR) is 101 cm³/mol. The van der Waals surface area contributed by atoms with E-state index in [4.69, 9.17) is 16.6 Å². The van der Waals surface area contributed by atoms with Gasteiger partial charge in [-0.15, -0.1) is 11.3 Å². The Morgan fingerprint density at radius 1 is 1.20 bits per heavy atom. The molecular formula is C19H16ClN3OS. The van der Waals surface area contributed by atoms with Gasteiger partial charge in [-0.25, -0.2) is 4.98 Å². The number of carbonyl (C=O) groups excluding carboxylic acids is 1. The van der Waals surface area contributed by atoms with Crippen molar-refractivity contribution < 1.29 is 4.79 Å². The molecule has 0 aliphatic heterocycles. The molecule has 126 valence electrons. The number of fused-ring (bicyclic) bond motifs is 1. The van der Waals surface area contributed by atoms with Crippen LogP contribution >= 0.6 is 22.9 Å². The number of halogens is 1. The summed E-state index contributed by atoms with van der Waals surface area (Å²) >= 11 is 7.77. The van der Waals surface area contributed by atoms with Crippen molar-refractivity contribution in [3.63, 3.8) is 0 Å². The number of thiazole rings is 1. The molecule has 1 atom stereocenters. The molecule has 1 unspecified atom stereocenters. The number of nitrogens with one attached hydrogen (secondary N) is 1. The normalized spacial score (nSPS) is 16.3. The quantitative estimate of drug-likeness (QED) is 0.733. The van der Waals surface area contributed by atoms with Crippen LogP contribution in [0.3, 0.4) is 0 Å². The topological polar surface area (TPSA) is 54.9 Å². The Kier molecular flexibility index (Phi) is 4.51. The molecule has 1 amide bonds. The highest BCUT2D eigenvalue weighted by atomic mass is 35.5. The van der Waals surface area contributed by atoms with Gasteiger partial charge in [-0.05, 0) is 43.5 Å². The smallest absolute Gasteiger partial charge is 0.227 e. The van der Waals surface area contributed by atoms with Crippen molar-refractivity contribution in [1.29, 1.82) is 0 Å². The third-order valence-electron chi connectivity index (χ3n) is 4.33. The van der Waals surface area contributed by atoms with Gasteiger partial charge in [0.05, 0.1) is 22.1 Å². The molecular weight excluding hydrogens is 354 g/mol. The van der Waals surface area contributed by atoms with Crippen LogP contribution in [0.1, 0.15) is 17.0 Å². The van der Waals surface area contributed by atoms with Crippen LogP contribution in [0.5, 0.6) is 0 Å². The number of nitrogens with zero attached hydrogens (tertiary/aromatic N) is 2. The van der Waals surface area contributed by atoms with Gasteiger partial charge < -0.3 is 5.32 Å². The van der Waals surface area contributed by atoms with Crippen LogP contribution in [0.2, 0.25) is 5.02 Å². The van der Waals surface area contributed by atoms with Crippen molar-refractivity contribution in [1.82, 2.24) is 9.97 Å². The molecule has 2 aromatic heterocycles. The maximum absolute atomic E-state index is 12.6. The molecule has 0 fully saturated rings. The molecule has 3 aromatic rings. The molecule has 0 bridgehead atoms. The van der Waals surface area contributed by atoms with E-state index >= 15 is 0 Å². The lowest BCUT2D eigenvalue weighted by atomic mass is 9.90. The average molecular weight is 370 g/mol. The summed E-state index contributed by atoms with van der Waals surface area (Å²) in [6.07, 6.45) is 4.11. The van der Waals surface area contributed by atoms with Gasteiger partial charge in [-0.1, -0.05) is 29.8 Å². The van der Waals surface area contributed by atoms with E-state index in [-0.39, 0.29) is 11.8 Å². The summed E-state index contributed by atoms with van der Waals surface area (Å²) in [7, 11) is 0. The van der Waals surface area contributed by atoms with E-state index in [0.717, 1.165) is 35.7 Å². The summed E-state index contributed by atoms with van der Waals surface area (Å²) in [5.74, 6) is -0.0349. The lowest BCUT2D eigenvalue weighted by Gasteiger charge is -2.20. The highest BCUT2D eigenvalue weighted by Crippen LogP contribution is 2.34. The zero-order chi connectivity index (χ0) is 17.2.